The molecule has 1 amide bonds. The van der Waals surface area contributed by atoms with Gasteiger partial charge in [-0.05, 0) is 97.3 Å². The van der Waals surface area contributed by atoms with E-state index >= 15 is 0 Å². The number of aryl methyl sites for hydroxylation is 1. The Morgan fingerprint density at radius 3 is 2.66 bits per heavy atom. The van der Waals surface area contributed by atoms with Crippen LogP contribution < -0.4 is 5.32 Å². The molecule has 2 fully saturated rings. The highest BCUT2D eigenvalue weighted by atomic mass is 16.5. The molecule has 0 unspecified atom stereocenters. The minimum absolute atomic E-state index is 0.00110. The fourth-order valence-electron chi connectivity index (χ4n) is 7.94. The van der Waals surface area contributed by atoms with Crippen LogP contribution in [0.15, 0.2) is 29.3 Å². The van der Waals surface area contributed by atoms with Crippen molar-refractivity contribution < 1.29 is 9.53 Å². The van der Waals surface area contributed by atoms with Gasteiger partial charge in [0.05, 0.1) is 6.10 Å². The van der Waals surface area contributed by atoms with Gasteiger partial charge in [0.1, 0.15) is 6.17 Å². The first-order chi connectivity index (χ1) is 16.6. The molecule has 1 aromatic rings. The molecule has 2 aliphatic heterocycles. The average Bonchev–Trinajstić information content (AvgIpc) is 3.41. The van der Waals surface area contributed by atoms with Crippen LogP contribution in [0.4, 0.5) is 0 Å². The Morgan fingerprint density at radius 1 is 1.14 bits per heavy atom. The molecule has 4 heteroatoms. The molecule has 1 saturated heterocycles. The Kier molecular flexibility index (Phi) is 6.68. The monoisotopic (exact) mass is 478 g/mol. The van der Waals surface area contributed by atoms with Gasteiger partial charge in [-0.2, -0.15) is 0 Å². The highest BCUT2D eigenvalue weighted by molar-refractivity contribution is 5.97. The lowest BCUT2D eigenvalue weighted by atomic mass is 9.49. The summed E-state index contributed by atoms with van der Waals surface area (Å²) in [5, 5.41) is 3.92. The SMILES string of the molecule is CC1=C(C)[C@H](NC[C@]2(C)CCC[C@]3(C)c4ccc(C(C)C)cc4CC[C@H]23)N(C[C@@H]2CCCO2)C1=O. The number of nitrogens with one attached hydrogen (secondary N) is 1. The van der Waals surface area contributed by atoms with E-state index in [9.17, 15) is 4.79 Å². The van der Waals surface area contributed by atoms with Gasteiger partial charge < -0.3 is 9.64 Å². The molecule has 1 aromatic carbocycles. The van der Waals surface area contributed by atoms with Crippen LogP contribution in [0.1, 0.15) is 103 Å². The van der Waals surface area contributed by atoms with E-state index in [1.807, 2.05) is 6.92 Å². The van der Waals surface area contributed by atoms with Crippen molar-refractivity contribution in [2.45, 2.75) is 110 Å². The number of carbonyl (C=O) groups excluding carboxylic acids is 1. The highest BCUT2D eigenvalue weighted by Gasteiger charge is 2.52. The van der Waals surface area contributed by atoms with Gasteiger partial charge >= 0.3 is 0 Å². The van der Waals surface area contributed by atoms with Crippen LogP contribution in [0.2, 0.25) is 0 Å². The fraction of sp³-hybridized carbons (Fsp3) is 0.710. The maximum absolute atomic E-state index is 13.1. The first-order valence-corrected chi connectivity index (χ1v) is 14.1. The number of carbonyl (C=O) groups is 1. The van der Waals surface area contributed by atoms with Gasteiger partial charge in [-0.25, -0.2) is 0 Å². The quantitative estimate of drug-likeness (QED) is 0.538. The molecule has 5 atom stereocenters. The molecular formula is C31H46N2O2. The summed E-state index contributed by atoms with van der Waals surface area (Å²) in [6.45, 7) is 16.3. The van der Waals surface area contributed by atoms with Crippen molar-refractivity contribution in [3.63, 3.8) is 0 Å². The number of amides is 1. The summed E-state index contributed by atoms with van der Waals surface area (Å²) >= 11 is 0. The van der Waals surface area contributed by atoms with Crippen LogP contribution in [0, 0.1) is 11.3 Å². The molecule has 2 heterocycles. The normalized spacial score (nSPS) is 35.1. The second-order valence-corrected chi connectivity index (χ2v) is 12.8. The summed E-state index contributed by atoms with van der Waals surface area (Å²) in [5.41, 5.74) is 7.22. The van der Waals surface area contributed by atoms with E-state index in [4.69, 9.17) is 4.74 Å². The number of hydrogen-bond donors (Lipinski definition) is 1. The van der Waals surface area contributed by atoms with E-state index in [1.54, 1.807) is 11.1 Å². The molecule has 1 N–H and O–H groups in total. The number of nitrogens with zero attached hydrogens (tertiary/aromatic N) is 1. The molecule has 4 aliphatic rings. The lowest BCUT2D eigenvalue weighted by Gasteiger charge is -2.56. The van der Waals surface area contributed by atoms with Crippen molar-refractivity contribution in [3.05, 3.63) is 46.0 Å². The molecule has 5 rings (SSSR count). The Bertz CT molecular complexity index is 1010. The van der Waals surface area contributed by atoms with Crippen molar-refractivity contribution in [2.75, 3.05) is 19.7 Å². The number of hydrogen-bond acceptors (Lipinski definition) is 3. The van der Waals surface area contributed by atoms with Gasteiger partial charge in [0.25, 0.3) is 5.91 Å². The molecular weight excluding hydrogens is 432 g/mol. The van der Waals surface area contributed by atoms with Crippen LogP contribution >= 0.6 is 0 Å². The Morgan fingerprint density at radius 2 is 1.94 bits per heavy atom. The minimum atomic E-state index is 0.00110. The molecule has 0 spiro atoms. The van der Waals surface area contributed by atoms with Crippen molar-refractivity contribution >= 4 is 5.91 Å². The zero-order valence-electron chi connectivity index (χ0n) is 22.9. The second-order valence-electron chi connectivity index (χ2n) is 12.8. The van der Waals surface area contributed by atoms with E-state index in [2.05, 4.69) is 63.0 Å². The molecule has 4 nitrogen and oxygen atoms in total. The fourth-order valence-corrected chi connectivity index (χ4v) is 7.94. The number of fused-ring (bicyclic) bond motifs is 3. The van der Waals surface area contributed by atoms with Crippen molar-refractivity contribution in [1.82, 2.24) is 10.2 Å². The van der Waals surface area contributed by atoms with E-state index in [-0.39, 0.29) is 29.0 Å². The highest BCUT2D eigenvalue weighted by Crippen LogP contribution is 2.57. The first-order valence-electron chi connectivity index (χ1n) is 14.1. The summed E-state index contributed by atoms with van der Waals surface area (Å²) in [4.78, 5) is 15.2. The average molecular weight is 479 g/mol. The Hall–Kier alpha value is -1.65. The van der Waals surface area contributed by atoms with Crippen molar-refractivity contribution in [1.29, 1.82) is 0 Å². The Balaban J connectivity index is 1.36. The third-order valence-corrected chi connectivity index (χ3v) is 10.2. The van der Waals surface area contributed by atoms with Crippen molar-refractivity contribution in [2.24, 2.45) is 11.3 Å². The molecule has 0 radical (unpaired) electrons. The smallest absolute Gasteiger partial charge is 0.251 e. The lowest BCUT2D eigenvalue weighted by molar-refractivity contribution is -0.129. The summed E-state index contributed by atoms with van der Waals surface area (Å²) in [6, 6.07) is 7.34. The van der Waals surface area contributed by atoms with Gasteiger partial charge in [-0.15, -0.1) is 0 Å². The van der Waals surface area contributed by atoms with Crippen LogP contribution in [-0.4, -0.2) is 42.8 Å². The summed E-state index contributed by atoms with van der Waals surface area (Å²) in [6.07, 6.45) is 8.62. The molecule has 35 heavy (non-hydrogen) atoms. The largest absolute Gasteiger partial charge is 0.376 e. The van der Waals surface area contributed by atoms with Crippen LogP contribution in [0.5, 0.6) is 0 Å². The van der Waals surface area contributed by atoms with E-state index in [0.717, 1.165) is 31.6 Å². The molecule has 1 saturated carbocycles. The van der Waals surface area contributed by atoms with Crippen LogP contribution in [0.25, 0.3) is 0 Å². The third-order valence-electron chi connectivity index (χ3n) is 10.2. The van der Waals surface area contributed by atoms with E-state index in [1.165, 1.54) is 43.2 Å². The van der Waals surface area contributed by atoms with Crippen LogP contribution in [0.3, 0.4) is 0 Å². The van der Waals surface area contributed by atoms with Gasteiger partial charge in [0.2, 0.25) is 0 Å². The summed E-state index contributed by atoms with van der Waals surface area (Å²) in [5.74, 6) is 1.42. The molecule has 192 valence electrons. The van der Waals surface area contributed by atoms with Gasteiger partial charge in [0, 0.05) is 25.3 Å². The maximum atomic E-state index is 13.1. The number of rotatable bonds is 6. The zero-order valence-corrected chi connectivity index (χ0v) is 22.9. The maximum Gasteiger partial charge on any atom is 0.251 e. The summed E-state index contributed by atoms with van der Waals surface area (Å²) < 4.78 is 5.90. The van der Waals surface area contributed by atoms with E-state index < -0.39 is 0 Å². The third kappa shape index (κ3) is 4.29. The standard InChI is InChI=1S/C31H46N2O2/c1-20(2)23-10-12-26-24(17-23)11-13-27-30(5,14-8-15-31(26,27)6)19-32-28-21(3)22(4)29(34)33(28)18-25-9-7-16-35-25/h10,12,17,20,25,27-28,32H,7-9,11,13-16,18-19H2,1-6H3/t25-,27+,28+,30-,31+/m0/s1. The van der Waals surface area contributed by atoms with Crippen LogP contribution in [-0.2, 0) is 21.4 Å². The molecule has 0 aromatic heterocycles. The van der Waals surface area contributed by atoms with Crippen molar-refractivity contribution in [3.8, 4) is 0 Å². The number of benzene rings is 1. The number of ether oxygens (including phenoxy) is 1. The predicted molar refractivity (Wildman–Crippen MR) is 143 cm³/mol. The first kappa shape index (κ1) is 25.0. The molecule has 2 aliphatic carbocycles. The summed E-state index contributed by atoms with van der Waals surface area (Å²) in [7, 11) is 0. The predicted octanol–water partition coefficient (Wildman–Crippen LogP) is 6.09. The minimum Gasteiger partial charge on any atom is -0.376 e. The van der Waals surface area contributed by atoms with E-state index in [0.29, 0.717) is 18.4 Å². The van der Waals surface area contributed by atoms with Gasteiger partial charge in [0.15, 0.2) is 0 Å². The zero-order chi connectivity index (χ0) is 25.0. The molecule has 0 bridgehead atoms. The lowest BCUT2D eigenvalue weighted by Crippen LogP contribution is -2.56. The van der Waals surface area contributed by atoms with Gasteiger partial charge in [-0.3, -0.25) is 10.1 Å². The second kappa shape index (κ2) is 9.34. The van der Waals surface area contributed by atoms with Gasteiger partial charge in [-0.1, -0.05) is 52.3 Å². The Labute approximate surface area is 212 Å². The topological polar surface area (TPSA) is 41.6 Å².